The molecule has 1 aliphatic rings. The fraction of sp³-hybridized carbons (Fsp3) is 1.00. The molecule has 2 N–H and O–H groups in total. The SMILES string of the molecule is CCN(CCN)CC1CCCC1. The van der Waals surface area contributed by atoms with E-state index < -0.39 is 0 Å². The topological polar surface area (TPSA) is 29.3 Å². The van der Waals surface area contributed by atoms with Crippen LogP contribution >= 0.6 is 0 Å². The molecule has 0 atom stereocenters. The van der Waals surface area contributed by atoms with E-state index in [0.29, 0.717) is 0 Å². The molecule has 0 aromatic carbocycles. The van der Waals surface area contributed by atoms with Crippen molar-refractivity contribution in [1.29, 1.82) is 0 Å². The minimum atomic E-state index is 0.806. The quantitative estimate of drug-likeness (QED) is 0.677. The lowest BCUT2D eigenvalue weighted by atomic mass is 10.1. The summed E-state index contributed by atoms with van der Waals surface area (Å²) in [5.41, 5.74) is 5.54. The van der Waals surface area contributed by atoms with Gasteiger partial charge >= 0.3 is 0 Å². The monoisotopic (exact) mass is 170 g/mol. The van der Waals surface area contributed by atoms with Crippen molar-refractivity contribution in [2.24, 2.45) is 11.7 Å². The first kappa shape index (κ1) is 10.0. The molecule has 0 aromatic heterocycles. The fourth-order valence-corrected chi connectivity index (χ4v) is 2.12. The zero-order chi connectivity index (χ0) is 8.81. The lowest BCUT2D eigenvalue weighted by Crippen LogP contribution is -2.33. The molecule has 0 unspecified atom stereocenters. The lowest BCUT2D eigenvalue weighted by molar-refractivity contribution is 0.248. The molecule has 12 heavy (non-hydrogen) atoms. The second-order valence-corrected chi connectivity index (χ2v) is 3.83. The van der Waals surface area contributed by atoms with E-state index in [0.717, 1.165) is 25.6 Å². The summed E-state index contributed by atoms with van der Waals surface area (Å²) >= 11 is 0. The molecule has 1 saturated carbocycles. The third-order valence-corrected chi connectivity index (χ3v) is 2.88. The Kier molecular flexibility index (Phi) is 4.62. The van der Waals surface area contributed by atoms with Crippen LogP contribution in [0.4, 0.5) is 0 Å². The zero-order valence-corrected chi connectivity index (χ0v) is 8.26. The maximum absolute atomic E-state index is 5.54. The molecule has 0 aliphatic heterocycles. The average Bonchev–Trinajstić information content (AvgIpc) is 2.56. The van der Waals surface area contributed by atoms with Gasteiger partial charge in [0.05, 0.1) is 0 Å². The van der Waals surface area contributed by atoms with Crippen LogP contribution in [-0.4, -0.2) is 31.1 Å². The van der Waals surface area contributed by atoms with Crippen LogP contribution in [0.15, 0.2) is 0 Å². The molecule has 0 spiro atoms. The molecule has 0 bridgehead atoms. The average molecular weight is 170 g/mol. The van der Waals surface area contributed by atoms with E-state index >= 15 is 0 Å². The number of rotatable bonds is 5. The smallest absolute Gasteiger partial charge is 0.0105 e. The summed E-state index contributed by atoms with van der Waals surface area (Å²) in [5, 5.41) is 0. The second kappa shape index (κ2) is 5.55. The fourth-order valence-electron chi connectivity index (χ4n) is 2.12. The third kappa shape index (κ3) is 3.11. The minimum Gasteiger partial charge on any atom is -0.329 e. The largest absolute Gasteiger partial charge is 0.329 e. The van der Waals surface area contributed by atoms with E-state index in [4.69, 9.17) is 5.73 Å². The Labute approximate surface area is 76.1 Å². The van der Waals surface area contributed by atoms with E-state index in [1.165, 1.54) is 32.2 Å². The van der Waals surface area contributed by atoms with Crippen molar-refractivity contribution < 1.29 is 0 Å². The molecular formula is C10H22N2. The minimum absolute atomic E-state index is 0.806. The van der Waals surface area contributed by atoms with Crippen molar-refractivity contribution in [3.05, 3.63) is 0 Å². The van der Waals surface area contributed by atoms with Gasteiger partial charge in [0.15, 0.2) is 0 Å². The molecule has 72 valence electrons. The van der Waals surface area contributed by atoms with Crippen LogP contribution < -0.4 is 5.73 Å². The molecule has 0 radical (unpaired) electrons. The summed E-state index contributed by atoms with van der Waals surface area (Å²) in [7, 11) is 0. The van der Waals surface area contributed by atoms with Gasteiger partial charge in [-0.3, -0.25) is 0 Å². The Bertz CT molecular complexity index is 108. The van der Waals surface area contributed by atoms with E-state index in [1.54, 1.807) is 0 Å². The highest BCUT2D eigenvalue weighted by Gasteiger charge is 2.16. The van der Waals surface area contributed by atoms with Crippen LogP contribution in [0, 0.1) is 5.92 Å². The standard InChI is InChI=1S/C10H22N2/c1-2-12(8-7-11)9-10-5-3-4-6-10/h10H,2-9,11H2,1H3. The summed E-state index contributed by atoms with van der Waals surface area (Å²) in [5.74, 6) is 0.969. The molecule has 2 nitrogen and oxygen atoms in total. The normalized spacial score (nSPS) is 19.2. The predicted molar refractivity (Wildman–Crippen MR) is 53.1 cm³/mol. The highest BCUT2D eigenvalue weighted by molar-refractivity contribution is 4.71. The molecule has 0 heterocycles. The Morgan fingerprint density at radius 3 is 2.50 bits per heavy atom. The summed E-state index contributed by atoms with van der Waals surface area (Å²) in [6.07, 6.45) is 5.79. The molecule has 1 aliphatic carbocycles. The first-order chi connectivity index (χ1) is 5.86. The molecule has 1 rings (SSSR count). The van der Waals surface area contributed by atoms with Crippen LogP contribution in [0.25, 0.3) is 0 Å². The maximum Gasteiger partial charge on any atom is 0.0105 e. The molecule has 0 aromatic rings. The van der Waals surface area contributed by atoms with Gasteiger partial charge in [-0.05, 0) is 25.3 Å². The third-order valence-electron chi connectivity index (χ3n) is 2.88. The number of hydrogen-bond acceptors (Lipinski definition) is 2. The van der Waals surface area contributed by atoms with Crippen LogP contribution in [0.5, 0.6) is 0 Å². The van der Waals surface area contributed by atoms with Gasteiger partial charge < -0.3 is 10.6 Å². The van der Waals surface area contributed by atoms with Gasteiger partial charge in [-0.1, -0.05) is 19.8 Å². The number of likely N-dealkylation sites (N-methyl/N-ethyl adjacent to an activating group) is 1. The van der Waals surface area contributed by atoms with Crippen molar-refractivity contribution in [2.45, 2.75) is 32.6 Å². The van der Waals surface area contributed by atoms with Crippen molar-refractivity contribution in [2.75, 3.05) is 26.2 Å². The Hall–Kier alpha value is -0.0800. The lowest BCUT2D eigenvalue weighted by Gasteiger charge is -2.22. The van der Waals surface area contributed by atoms with Crippen molar-refractivity contribution in [1.82, 2.24) is 4.90 Å². The Morgan fingerprint density at radius 2 is 2.00 bits per heavy atom. The van der Waals surface area contributed by atoms with Crippen LogP contribution in [0.2, 0.25) is 0 Å². The predicted octanol–water partition coefficient (Wildman–Crippen LogP) is 1.46. The molecule has 0 saturated heterocycles. The molecule has 1 fully saturated rings. The second-order valence-electron chi connectivity index (χ2n) is 3.83. The number of nitrogens with two attached hydrogens (primary N) is 1. The summed E-state index contributed by atoms with van der Waals surface area (Å²) < 4.78 is 0. The first-order valence-corrected chi connectivity index (χ1v) is 5.29. The zero-order valence-electron chi connectivity index (χ0n) is 8.26. The van der Waals surface area contributed by atoms with Gasteiger partial charge in [-0.2, -0.15) is 0 Å². The van der Waals surface area contributed by atoms with Crippen LogP contribution in [-0.2, 0) is 0 Å². The molecule has 0 amide bonds. The highest BCUT2D eigenvalue weighted by Crippen LogP contribution is 2.25. The van der Waals surface area contributed by atoms with E-state index in [2.05, 4.69) is 11.8 Å². The first-order valence-electron chi connectivity index (χ1n) is 5.29. The van der Waals surface area contributed by atoms with Gasteiger partial charge in [-0.15, -0.1) is 0 Å². The van der Waals surface area contributed by atoms with E-state index in [1.807, 2.05) is 0 Å². The van der Waals surface area contributed by atoms with Crippen molar-refractivity contribution in [3.63, 3.8) is 0 Å². The maximum atomic E-state index is 5.54. The van der Waals surface area contributed by atoms with Gasteiger partial charge in [0.1, 0.15) is 0 Å². The van der Waals surface area contributed by atoms with E-state index in [-0.39, 0.29) is 0 Å². The molecule has 2 heteroatoms. The van der Waals surface area contributed by atoms with Gasteiger partial charge in [0.2, 0.25) is 0 Å². The van der Waals surface area contributed by atoms with Crippen LogP contribution in [0.3, 0.4) is 0 Å². The van der Waals surface area contributed by atoms with Gasteiger partial charge in [0, 0.05) is 19.6 Å². The van der Waals surface area contributed by atoms with Crippen LogP contribution in [0.1, 0.15) is 32.6 Å². The summed E-state index contributed by atoms with van der Waals surface area (Å²) in [6.45, 7) is 6.56. The summed E-state index contributed by atoms with van der Waals surface area (Å²) in [6, 6.07) is 0. The van der Waals surface area contributed by atoms with Gasteiger partial charge in [-0.25, -0.2) is 0 Å². The van der Waals surface area contributed by atoms with Crippen molar-refractivity contribution in [3.8, 4) is 0 Å². The Balaban J connectivity index is 2.16. The Morgan fingerprint density at radius 1 is 1.33 bits per heavy atom. The van der Waals surface area contributed by atoms with Crippen molar-refractivity contribution >= 4 is 0 Å². The molecular weight excluding hydrogens is 148 g/mol. The van der Waals surface area contributed by atoms with E-state index in [9.17, 15) is 0 Å². The summed E-state index contributed by atoms with van der Waals surface area (Å²) in [4.78, 5) is 2.48. The van der Waals surface area contributed by atoms with Gasteiger partial charge in [0.25, 0.3) is 0 Å². The number of nitrogens with zero attached hydrogens (tertiary/aromatic N) is 1. The highest BCUT2D eigenvalue weighted by atomic mass is 15.1. The number of hydrogen-bond donors (Lipinski definition) is 1.